The van der Waals surface area contributed by atoms with Crippen LogP contribution in [0.3, 0.4) is 0 Å². The molecule has 2 aromatic heterocycles. The van der Waals surface area contributed by atoms with Crippen LogP contribution in [-0.4, -0.2) is 38.5 Å². The van der Waals surface area contributed by atoms with E-state index in [9.17, 15) is 0 Å². The summed E-state index contributed by atoms with van der Waals surface area (Å²) in [7, 11) is 3.73. The second kappa shape index (κ2) is 7.74. The lowest BCUT2D eigenvalue weighted by Gasteiger charge is -1.98. The van der Waals surface area contributed by atoms with Crippen molar-refractivity contribution < 1.29 is 0 Å². The van der Waals surface area contributed by atoms with Crippen LogP contribution in [0.25, 0.3) is 21.8 Å². The Kier molecular flexibility index (Phi) is 5.14. The van der Waals surface area contributed by atoms with Gasteiger partial charge in [0.25, 0.3) is 0 Å². The van der Waals surface area contributed by atoms with E-state index in [0.717, 1.165) is 51.4 Å². The number of nitriles is 1. The molecule has 0 aliphatic carbocycles. The van der Waals surface area contributed by atoms with Crippen LogP contribution in [0.5, 0.6) is 0 Å². The first kappa shape index (κ1) is 19.2. The summed E-state index contributed by atoms with van der Waals surface area (Å²) in [5.41, 5.74) is 3.29. The summed E-state index contributed by atoms with van der Waals surface area (Å²) >= 11 is 11.8. The molecule has 1 N–H and O–H groups in total. The van der Waals surface area contributed by atoms with Crippen LogP contribution in [0.4, 0.5) is 0 Å². The molecule has 0 saturated carbocycles. The third-order valence-electron chi connectivity index (χ3n) is 4.63. The van der Waals surface area contributed by atoms with Gasteiger partial charge in [0.1, 0.15) is 17.6 Å². The van der Waals surface area contributed by atoms with Gasteiger partial charge in [-0.3, -0.25) is 14.4 Å². The molecule has 7 nitrogen and oxygen atoms in total. The molecule has 0 spiro atoms. The molecule has 0 atom stereocenters. The molecule has 0 saturated heterocycles. The molecular weight excluding hydrogens is 409 g/mol. The fraction of sp³-hybridized carbons (Fsp3) is 0.200. The Balaban J connectivity index is 0.000000145. The minimum Gasteiger partial charge on any atom is -0.367 e. The fourth-order valence-electron chi connectivity index (χ4n) is 3.29. The molecule has 29 heavy (non-hydrogen) atoms. The number of fused-ring (bicyclic) bond motifs is 2. The van der Waals surface area contributed by atoms with Crippen LogP contribution in [0.1, 0.15) is 11.4 Å². The van der Waals surface area contributed by atoms with Crippen molar-refractivity contribution in [2.24, 2.45) is 19.1 Å². The first-order valence-corrected chi connectivity index (χ1v) is 9.67. The SMILES string of the molecule is Cn1nc(C#N)c2cc(Cl)ccc21.Cn1nc(C2=NCCN2)c2cc(Cl)ccc21. The van der Waals surface area contributed by atoms with Crippen LogP contribution >= 0.6 is 23.2 Å². The highest BCUT2D eigenvalue weighted by Gasteiger charge is 2.16. The maximum Gasteiger partial charge on any atom is 0.170 e. The van der Waals surface area contributed by atoms with Gasteiger partial charge in [0.15, 0.2) is 5.69 Å². The van der Waals surface area contributed by atoms with Crippen molar-refractivity contribution in [3.05, 3.63) is 57.8 Å². The standard InChI is InChI=1S/C11H11ClN4.C9H6ClN3/c1-16-9-3-2-7(12)6-8(9)10(15-16)11-13-4-5-14-11;1-13-9-3-2-6(10)4-7(9)8(5-11)12-13/h2-3,6H,4-5H2,1H3,(H,13,14);2-4H,1H3. The Morgan fingerprint density at radius 2 is 1.59 bits per heavy atom. The lowest BCUT2D eigenvalue weighted by Crippen LogP contribution is -2.20. The number of nitrogens with one attached hydrogen (secondary N) is 1. The van der Waals surface area contributed by atoms with Gasteiger partial charge in [-0.25, -0.2) is 0 Å². The van der Waals surface area contributed by atoms with Crippen molar-refractivity contribution in [3.8, 4) is 6.07 Å². The first-order chi connectivity index (χ1) is 14.0. The number of nitrogens with zero attached hydrogens (tertiary/aromatic N) is 6. The molecule has 0 amide bonds. The Labute approximate surface area is 177 Å². The van der Waals surface area contributed by atoms with Crippen molar-refractivity contribution in [1.29, 1.82) is 5.26 Å². The van der Waals surface area contributed by atoms with E-state index < -0.39 is 0 Å². The van der Waals surface area contributed by atoms with Gasteiger partial charge >= 0.3 is 0 Å². The van der Waals surface area contributed by atoms with Crippen molar-refractivity contribution >= 4 is 50.8 Å². The van der Waals surface area contributed by atoms with Crippen molar-refractivity contribution in [3.63, 3.8) is 0 Å². The molecule has 1 aliphatic rings. The van der Waals surface area contributed by atoms with E-state index in [2.05, 4.69) is 20.5 Å². The number of aliphatic imine (C=N–C) groups is 1. The van der Waals surface area contributed by atoms with Crippen LogP contribution < -0.4 is 5.32 Å². The monoisotopic (exact) mass is 425 g/mol. The summed E-state index contributed by atoms with van der Waals surface area (Å²) in [6.45, 7) is 1.70. The minimum atomic E-state index is 0.417. The predicted octanol–water partition coefficient (Wildman–Crippen LogP) is 3.67. The second-order valence-electron chi connectivity index (χ2n) is 6.54. The van der Waals surface area contributed by atoms with Gasteiger partial charge in [-0.2, -0.15) is 15.5 Å². The summed E-state index contributed by atoms with van der Waals surface area (Å²) < 4.78 is 3.52. The number of aryl methyl sites for hydroxylation is 2. The first-order valence-electron chi connectivity index (χ1n) is 8.91. The molecule has 1 aliphatic heterocycles. The quantitative estimate of drug-likeness (QED) is 0.504. The minimum absolute atomic E-state index is 0.417. The fourth-order valence-corrected chi connectivity index (χ4v) is 3.63. The molecule has 146 valence electrons. The largest absolute Gasteiger partial charge is 0.367 e. The molecule has 4 aromatic rings. The number of amidine groups is 1. The van der Waals surface area contributed by atoms with E-state index in [4.69, 9.17) is 28.5 Å². The number of benzene rings is 2. The highest BCUT2D eigenvalue weighted by Crippen LogP contribution is 2.23. The van der Waals surface area contributed by atoms with Gasteiger partial charge in [0, 0.05) is 41.5 Å². The van der Waals surface area contributed by atoms with E-state index in [1.54, 1.807) is 23.9 Å². The summed E-state index contributed by atoms with van der Waals surface area (Å²) in [6, 6.07) is 13.2. The van der Waals surface area contributed by atoms with Gasteiger partial charge in [-0.1, -0.05) is 23.2 Å². The van der Waals surface area contributed by atoms with Crippen LogP contribution in [-0.2, 0) is 14.1 Å². The van der Waals surface area contributed by atoms with E-state index in [0.29, 0.717) is 10.7 Å². The Bertz CT molecular complexity index is 1290. The second-order valence-corrected chi connectivity index (χ2v) is 7.41. The van der Waals surface area contributed by atoms with Crippen LogP contribution in [0.2, 0.25) is 10.0 Å². The van der Waals surface area contributed by atoms with Crippen LogP contribution in [0.15, 0.2) is 41.4 Å². The summed E-state index contributed by atoms with van der Waals surface area (Å²) in [5.74, 6) is 0.868. The molecule has 5 rings (SSSR count). The van der Waals surface area contributed by atoms with E-state index in [-0.39, 0.29) is 0 Å². The number of halogens is 2. The lowest BCUT2D eigenvalue weighted by atomic mass is 10.2. The molecule has 3 heterocycles. The summed E-state index contributed by atoms with van der Waals surface area (Å²) in [5, 5.41) is 23.7. The highest BCUT2D eigenvalue weighted by molar-refractivity contribution is 6.31. The molecule has 0 fully saturated rings. The zero-order valence-electron chi connectivity index (χ0n) is 15.8. The average molecular weight is 426 g/mol. The average Bonchev–Trinajstić information content (AvgIpc) is 3.41. The van der Waals surface area contributed by atoms with Gasteiger partial charge in [-0.05, 0) is 36.4 Å². The molecule has 0 unspecified atom stereocenters. The molecule has 0 bridgehead atoms. The number of hydrogen-bond donors (Lipinski definition) is 1. The van der Waals surface area contributed by atoms with Crippen molar-refractivity contribution in [1.82, 2.24) is 24.9 Å². The van der Waals surface area contributed by atoms with E-state index in [1.165, 1.54) is 0 Å². The summed E-state index contributed by atoms with van der Waals surface area (Å²) in [6.07, 6.45) is 0. The Hall–Kier alpha value is -3.08. The summed E-state index contributed by atoms with van der Waals surface area (Å²) in [4.78, 5) is 4.39. The normalized spacial score (nSPS) is 13.0. The van der Waals surface area contributed by atoms with Gasteiger partial charge in [0.05, 0.1) is 17.6 Å². The van der Waals surface area contributed by atoms with E-state index in [1.807, 2.05) is 42.1 Å². The third kappa shape index (κ3) is 3.65. The zero-order chi connectivity index (χ0) is 20.5. The highest BCUT2D eigenvalue weighted by atomic mass is 35.5. The lowest BCUT2D eigenvalue weighted by molar-refractivity contribution is 0.791. The Morgan fingerprint density at radius 1 is 0.966 bits per heavy atom. The third-order valence-corrected chi connectivity index (χ3v) is 5.10. The maximum atomic E-state index is 8.77. The van der Waals surface area contributed by atoms with Gasteiger partial charge < -0.3 is 5.32 Å². The number of aromatic nitrogens is 4. The Morgan fingerprint density at radius 3 is 2.21 bits per heavy atom. The topological polar surface area (TPSA) is 83.8 Å². The van der Waals surface area contributed by atoms with Crippen LogP contribution in [0, 0.1) is 11.3 Å². The van der Waals surface area contributed by atoms with E-state index >= 15 is 0 Å². The molecule has 2 aromatic carbocycles. The molecule has 0 radical (unpaired) electrons. The number of rotatable bonds is 1. The van der Waals surface area contributed by atoms with Crippen molar-refractivity contribution in [2.75, 3.05) is 13.1 Å². The van der Waals surface area contributed by atoms with Gasteiger partial charge in [-0.15, -0.1) is 0 Å². The molecule has 9 heteroatoms. The zero-order valence-corrected chi connectivity index (χ0v) is 17.3. The predicted molar refractivity (Wildman–Crippen MR) is 116 cm³/mol. The van der Waals surface area contributed by atoms with Gasteiger partial charge in [0.2, 0.25) is 0 Å². The maximum absolute atomic E-state index is 8.77. The smallest absolute Gasteiger partial charge is 0.170 e. The number of hydrogen-bond acceptors (Lipinski definition) is 5. The van der Waals surface area contributed by atoms with Crippen molar-refractivity contribution in [2.45, 2.75) is 0 Å². The molecular formula is C20H17Cl2N7.